The molecule has 2 atom stereocenters. The van der Waals surface area contributed by atoms with Crippen LogP contribution in [0.3, 0.4) is 0 Å². The Kier molecular flexibility index (Phi) is 4.64. The fraction of sp³-hybridized carbons (Fsp3) is 0.778. The van der Waals surface area contributed by atoms with Crippen molar-refractivity contribution < 1.29 is 8.42 Å². The maximum atomic E-state index is 11.2. The van der Waals surface area contributed by atoms with Crippen molar-refractivity contribution in [1.29, 1.82) is 0 Å². The molecule has 0 amide bonds. The van der Waals surface area contributed by atoms with Crippen LogP contribution in [0.4, 0.5) is 0 Å². The maximum absolute atomic E-state index is 11.2. The second-order valence-corrected chi connectivity index (χ2v) is 5.52. The zero-order valence-electron chi connectivity index (χ0n) is 8.53. The summed E-state index contributed by atoms with van der Waals surface area (Å²) in [5.41, 5.74) is 0. The second-order valence-electron chi connectivity index (χ2n) is 3.80. The molecule has 0 fully saturated rings. The molecule has 2 N–H and O–H groups in total. The van der Waals surface area contributed by atoms with E-state index in [9.17, 15) is 8.42 Å². The zero-order valence-corrected chi connectivity index (χ0v) is 9.34. The molecule has 0 aliphatic rings. The van der Waals surface area contributed by atoms with Crippen LogP contribution in [0.2, 0.25) is 0 Å². The van der Waals surface area contributed by atoms with Crippen molar-refractivity contribution in [2.24, 2.45) is 17.0 Å². The van der Waals surface area contributed by atoms with Gasteiger partial charge in [0.05, 0.1) is 5.25 Å². The molecule has 0 aliphatic carbocycles. The van der Waals surface area contributed by atoms with Gasteiger partial charge in [-0.3, -0.25) is 0 Å². The van der Waals surface area contributed by atoms with E-state index >= 15 is 0 Å². The number of primary sulfonamides is 1. The summed E-state index contributed by atoms with van der Waals surface area (Å²) in [6.07, 6.45) is 2.41. The smallest absolute Gasteiger partial charge is 0.212 e. The fourth-order valence-corrected chi connectivity index (χ4v) is 3.27. The van der Waals surface area contributed by atoms with Crippen molar-refractivity contribution in [3.63, 3.8) is 0 Å². The van der Waals surface area contributed by atoms with Gasteiger partial charge in [0.2, 0.25) is 10.0 Å². The first kappa shape index (κ1) is 12.7. The molecule has 0 aliphatic heterocycles. The molecular formula is C9H19NO2S. The first-order valence-electron chi connectivity index (χ1n) is 4.43. The van der Waals surface area contributed by atoms with Crippen molar-refractivity contribution in [3.05, 3.63) is 12.7 Å². The van der Waals surface area contributed by atoms with E-state index in [1.807, 2.05) is 20.8 Å². The van der Waals surface area contributed by atoms with E-state index in [-0.39, 0.29) is 11.8 Å². The molecule has 0 aromatic carbocycles. The third kappa shape index (κ3) is 3.91. The van der Waals surface area contributed by atoms with Crippen LogP contribution >= 0.6 is 0 Å². The van der Waals surface area contributed by atoms with Gasteiger partial charge in [0.1, 0.15) is 0 Å². The molecule has 0 bridgehead atoms. The van der Waals surface area contributed by atoms with Gasteiger partial charge in [-0.15, -0.1) is 6.58 Å². The average molecular weight is 205 g/mol. The standard InChI is InChI=1S/C9H19NO2S/c1-5-6-8(4)9(7(2)3)13(10,11)12/h5,7-9H,1,6H2,2-4H3,(H2,10,11,12)/t8-,9+/m1/s1. The second kappa shape index (κ2) is 4.77. The molecule has 0 aromatic heterocycles. The Bertz CT molecular complexity index is 257. The number of rotatable bonds is 5. The summed E-state index contributed by atoms with van der Waals surface area (Å²) >= 11 is 0. The highest BCUT2D eigenvalue weighted by atomic mass is 32.2. The van der Waals surface area contributed by atoms with E-state index in [0.717, 1.165) is 0 Å². The summed E-state index contributed by atoms with van der Waals surface area (Å²) in [4.78, 5) is 0. The van der Waals surface area contributed by atoms with Crippen LogP contribution in [-0.2, 0) is 10.0 Å². The minimum atomic E-state index is -3.43. The molecule has 0 radical (unpaired) electrons. The molecule has 13 heavy (non-hydrogen) atoms. The van der Waals surface area contributed by atoms with Gasteiger partial charge in [0.15, 0.2) is 0 Å². The van der Waals surface area contributed by atoms with Crippen LogP contribution in [0.1, 0.15) is 27.2 Å². The lowest BCUT2D eigenvalue weighted by molar-refractivity contribution is 0.430. The van der Waals surface area contributed by atoms with E-state index in [4.69, 9.17) is 5.14 Å². The molecule has 0 saturated heterocycles. The Hall–Kier alpha value is -0.350. The third-order valence-corrected chi connectivity index (χ3v) is 3.90. The minimum Gasteiger partial charge on any atom is -0.228 e. The highest BCUT2D eigenvalue weighted by molar-refractivity contribution is 7.89. The summed E-state index contributed by atoms with van der Waals surface area (Å²) < 4.78 is 22.5. The Balaban J connectivity index is 4.72. The molecule has 0 unspecified atom stereocenters. The predicted molar refractivity (Wildman–Crippen MR) is 55.7 cm³/mol. The summed E-state index contributed by atoms with van der Waals surface area (Å²) in [6.45, 7) is 9.21. The monoisotopic (exact) mass is 205 g/mol. The first-order valence-corrected chi connectivity index (χ1v) is 6.04. The number of hydrogen-bond acceptors (Lipinski definition) is 2. The van der Waals surface area contributed by atoms with Gasteiger partial charge in [-0.1, -0.05) is 26.8 Å². The van der Waals surface area contributed by atoms with Crippen molar-refractivity contribution >= 4 is 10.0 Å². The number of nitrogens with two attached hydrogens (primary N) is 1. The number of hydrogen-bond donors (Lipinski definition) is 1. The number of sulfonamides is 1. The normalized spacial score (nSPS) is 17.0. The zero-order chi connectivity index (χ0) is 10.6. The van der Waals surface area contributed by atoms with Crippen LogP contribution < -0.4 is 5.14 Å². The van der Waals surface area contributed by atoms with E-state index in [1.54, 1.807) is 6.08 Å². The van der Waals surface area contributed by atoms with Crippen molar-refractivity contribution in [2.75, 3.05) is 0 Å². The average Bonchev–Trinajstić information content (AvgIpc) is 1.82. The molecule has 0 aromatic rings. The van der Waals surface area contributed by atoms with Crippen molar-refractivity contribution in [2.45, 2.75) is 32.4 Å². The molecule has 4 heteroatoms. The van der Waals surface area contributed by atoms with Crippen LogP contribution in [0, 0.1) is 11.8 Å². The molecule has 78 valence electrons. The molecular weight excluding hydrogens is 186 g/mol. The van der Waals surface area contributed by atoms with Gasteiger partial charge in [-0.25, -0.2) is 13.6 Å². The minimum absolute atomic E-state index is 0.0347. The van der Waals surface area contributed by atoms with Gasteiger partial charge in [-0.2, -0.15) is 0 Å². The van der Waals surface area contributed by atoms with Gasteiger partial charge in [0, 0.05) is 0 Å². The molecule has 0 spiro atoms. The van der Waals surface area contributed by atoms with Crippen molar-refractivity contribution in [3.8, 4) is 0 Å². The number of allylic oxidation sites excluding steroid dienone is 1. The highest BCUT2D eigenvalue weighted by Gasteiger charge is 2.29. The van der Waals surface area contributed by atoms with Crippen LogP contribution in [0.25, 0.3) is 0 Å². The predicted octanol–water partition coefficient (Wildman–Crippen LogP) is 1.51. The third-order valence-electron chi connectivity index (χ3n) is 2.14. The van der Waals surface area contributed by atoms with Crippen LogP contribution in [0.15, 0.2) is 12.7 Å². The maximum Gasteiger partial charge on any atom is 0.212 e. The van der Waals surface area contributed by atoms with Crippen LogP contribution in [-0.4, -0.2) is 13.7 Å². The highest BCUT2D eigenvalue weighted by Crippen LogP contribution is 2.21. The summed E-state index contributed by atoms with van der Waals surface area (Å²) in [5, 5.41) is 4.68. The quantitative estimate of drug-likeness (QED) is 0.692. The van der Waals surface area contributed by atoms with Gasteiger partial charge >= 0.3 is 0 Å². The van der Waals surface area contributed by atoms with E-state index in [1.165, 1.54) is 0 Å². The lowest BCUT2D eigenvalue weighted by Gasteiger charge is -2.24. The Morgan fingerprint density at radius 1 is 1.38 bits per heavy atom. The summed E-state index contributed by atoms with van der Waals surface area (Å²) in [5.74, 6) is 0.0810. The summed E-state index contributed by atoms with van der Waals surface area (Å²) in [6, 6.07) is 0. The Morgan fingerprint density at radius 2 is 1.85 bits per heavy atom. The van der Waals surface area contributed by atoms with Crippen molar-refractivity contribution in [1.82, 2.24) is 0 Å². The lowest BCUT2D eigenvalue weighted by atomic mass is 9.95. The molecule has 0 rings (SSSR count). The van der Waals surface area contributed by atoms with Gasteiger partial charge < -0.3 is 0 Å². The van der Waals surface area contributed by atoms with Gasteiger partial charge in [0.25, 0.3) is 0 Å². The van der Waals surface area contributed by atoms with E-state index in [0.29, 0.717) is 6.42 Å². The molecule has 3 nitrogen and oxygen atoms in total. The SMILES string of the molecule is C=CC[C@@H](C)[C@H](C(C)C)S(N)(=O)=O. The lowest BCUT2D eigenvalue weighted by Crippen LogP contribution is -2.37. The van der Waals surface area contributed by atoms with E-state index < -0.39 is 15.3 Å². The molecule has 0 saturated carbocycles. The molecule has 0 heterocycles. The van der Waals surface area contributed by atoms with Crippen LogP contribution in [0.5, 0.6) is 0 Å². The largest absolute Gasteiger partial charge is 0.228 e. The van der Waals surface area contributed by atoms with Gasteiger partial charge in [-0.05, 0) is 18.3 Å². The topological polar surface area (TPSA) is 60.2 Å². The fourth-order valence-electron chi connectivity index (χ4n) is 1.76. The Morgan fingerprint density at radius 3 is 2.08 bits per heavy atom. The first-order chi connectivity index (χ1) is 5.80. The summed E-state index contributed by atoms with van der Waals surface area (Å²) in [7, 11) is -3.43. The Labute approximate surface area is 81.1 Å². The van der Waals surface area contributed by atoms with E-state index in [2.05, 4.69) is 6.58 Å².